The normalized spacial score (nSPS) is 21.1. The lowest BCUT2D eigenvalue weighted by Gasteiger charge is -2.34. The maximum Gasteiger partial charge on any atom is 0.419 e. The van der Waals surface area contributed by atoms with Crippen LogP contribution in [0, 0.1) is 0 Å². The molecular weight excluding hydrogens is 332 g/mol. The molecule has 2 aromatic rings. The lowest BCUT2D eigenvalue weighted by atomic mass is 10.1. The number of fused-ring (bicyclic) bond motifs is 1. The second kappa shape index (κ2) is 7.31. The molecule has 2 aliphatic heterocycles. The number of carbonyl (C=O) groups is 1. The van der Waals surface area contributed by atoms with Crippen LogP contribution in [-0.2, 0) is 16.0 Å². The summed E-state index contributed by atoms with van der Waals surface area (Å²) in [7, 11) is 0. The fourth-order valence-electron chi connectivity index (χ4n) is 2.81. The number of oxime groups is 1. The van der Waals surface area contributed by atoms with Crippen LogP contribution in [0.4, 0.5) is 4.79 Å². The van der Waals surface area contributed by atoms with E-state index in [1.165, 1.54) is 4.90 Å². The van der Waals surface area contributed by atoms with Gasteiger partial charge >= 0.3 is 6.09 Å². The zero-order chi connectivity index (χ0) is 17.8. The van der Waals surface area contributed by atoms with Gasteiger partial charge in [0, 0.05) is 6.20 Å². The maximum absolute atomic E-state index is 12.3. The lowest BCUT2D eigenvalue weighted by molar-refractivity contribution is -0.0569. The molecule has 0 saturated heterocycles. The van der Waals surface area contributed by atoms with Gasteiger partial charge in [-0.25, -0.2) is 4.79 Å². The molecule has 0 unspecified atom stereocenters. The molecule has 0 N–H and O–H groups in total. The Morgan fingerprint density at radius 2 is 1.85 bits per heavy atom. The fourth-order valence-corrected chi connectivity index (χ4v) is 2.81. The van der Waals surface area contributed by atoms with E-state index >= 15 is 0 Å². The summed E-state index contributed by atoms with van der Waals surface area (Å²) in [5, 5.41) is 4.07. The van der Waals surface area contributed by atoms with Crippen LogP contribution in [0.5, 0.6) is 5.75 Å². The SMILES string of the molecule is O=C(Oc1ccccc1)N1C=C[C@H]2OC(Cc3ccccc3)=NO[C@H]2C1. The first-order valence-electron chi connectivity index (χ1n) is 8.43. The number of hydrogen-bond donors (Lipinski definition) is 0. The quantitative estimate of drug-likeness (QED) is 0.852. The minimum atomic E-state index is -0.464. The topological polar surface area (TPSA) is 60.4 Å². The van der Waals surface area contributed by atoms with Gasteiger partial charge in [-0.05, 0) is 23.8 Å². The van der Waals surface area contributed by atoms with Crippen LogP contribution in [0.15, 0.2) is 78.1 Å². The van der Waals surface area contributed by atoms with Crippen LogP contribution in [0.25, 0.3) is 0 Å². The van der Waals surface area contributed by atoms with Crippen molar-refractivity contribution in [1.82, 2.24) is 4.90 Å². The molecule has 0 spiro atoms. The van der Waals surface area contributed by atoms with Crippen molar-refractivity contribution in [1.29, 1.82) is 0 Å². The predicted octanol–water partition coefficient (Wildman–Crippen LogP) is 3.35. The molecule has 2 aliphatic rings. The number of nitrogens with zero attached hydrogens (tertiary/aromatic N) is 2. The van der Waals surface area contributed by atoms with E-state index in [2.05, 4.69) is 5.16 Å². The summed E-state index contributed by atoms with van der Waals surface area (Å²) in [6.07, 6.45) is 2.93. The second-order valence-corrected chi connectivity index (χ2v) is 6.05. The summed E-state index contributed by atoms with van der Waals surface area (Å²) >= 11 is 0. The zero-order valence-corrected chi connectivity index (χ0v) is 14.0. The van der Waals surface area contributed by atoms with Crippen LogP contribution in [0.1, 0.15) is 5.56 Å². The average Bonchev–Trinajstić information content (AvgIpc) is 2.69. The zero-order valence-electron chi connectivity index (χ0n) is 14.0. The van der Waals surface area contributed by atoms with Crippen molar-refractivity contribution < 1.29 is 19.1 Å². The molecule has 0 bridgehead atoms. The summed E-state index contributed by atoms with van der Waals surface area (Å²) in [4.78, 5) is 19.3. The van der Waals surface area contributed by atoms with Gasteiger partial charge in [-0.1, -0.05) is 53.7 Å². The molecule has 2 aromatic carbocycles. The lowest BCUT2D eigenvalue weighted by Crippen LogP contribution is -2.48. The Morgan fingerprint density at radius 1 is 1.12 bits per heavy atom. The second-order valence-electron chi connectivity index (χ2n) is 6.05. The third-order valence-electron chi connectivity index (χ3n) is 4.14. The Balaban J connectivity index is 1.36. The van der Waals surface area contributed by atoms with E-state index in [-0.39, 0.29) is 12.2 Å². The molecule has 6 heteroatoms. The first-order chi connectivity index (χ1) is 12.8. The number of hydrogen-bond acceptors (Lipinski definition) is 5. The van der Waals surface area contributed by atoms with Gasteiger partial charge in [-0.15, -0.1) is 0 Å². The first-order valence-corrected chi connectivity index (χ1v) is 8.43. The standard InChI is InChI=1S/C20H18N2O4/c23-20(24-16-9-5-2-6-10-16)22-12-11-17-18(14-22)26-21-19(25-17)13-15-7-3-1-4-8-15/h1-12,17-18H,13-14H2/t17-,18+/m1/s1. The van der Waals surface area contributed by atoms with E-state index in [1.54, 1.807) is 24.4 Å². The largest absolute Gasteiger partial charge is 0.467 e. The number of amides is 1. The summed E-state index contributed by atoms with van der Waals surface area (Å²) in [6, 6.07) is 18.9. The molecule has 132 valence electrons. The highest BCUT2D eigenvalue weighted by molar-refractivity contribution is 5.79. The minimum Gasteiger partial charge on any atom is -0.467 e. The minimum absolute atomic E-state index is 0.271. The highest BCUT2D eigenvalue weighted by Crippen LogP contribution is 2.21. The summed E-state index contributed by atoms with van der Waals surface area (Å²) in [5.41, 5.74) is 1.10. The van der Waals surface area contributed by atoms with Gasteiger partial charge in [0.25, 0.3) is 0 Å². The predicted molar refractivity (Wildman–Crippen MR) is 95.6 cm³/mol. The molecular formula is C20H18N2O4. The van der Waals surface area contributed by atoms with Crippen molar-refractivity contribution in [2.24, 2.45) is 5.16 Å². The van der Waals surface area contributed by atoms with Gasteiger partial charge in [0.15, 0.2) is 12.2 Å². The summed E-state index contributed by atoms with van der Waals surface area (Å²) < 4.78 is 11.2. The summed E-state index contributed by atoms with van der Waals surface area (Å²) in [5.74, 6) is 1.03. The van der Waals surface area contributed by atoms with Gasteiger partial charge in [-0.3, -0.25) is 4.90 Å². The van der Waals surface area contributed by atoms with E-state index in [0.717, 1.165) is 5.56 Å². The van der Waals surface area contributed by atoms with E-state index in [9.17, 15) is 4.79 Å². The molecule has 0 radical (unpaired) electrons. The Kier molecular flexibility index (Phi) is 4.55. The van der Waals surface area contributed by atoms with Gasteiger partial charge in [0.1, 0.15) is 5.75 Å². The Morgan fingerprint density at radius 3 is 2.62 bits per heavy atom. The van der Waals surface area contributed by atoms with Crippen molar-refractivity contribution in [2.75, 3.05) is 6.54 Å². The van der Waals surface area contributed by atoms with Gasteiger partial charge in [0.05, 0.1) is 13.0 Å². The number of ether oxygens (including phenoxy) is 2. The van der Waals surface area contributed by atoms with Crippen molar-refractivity contribution >= 4 is 12.0 Å². The molecule has 0 saturated carbocycles. The molecule has 2 heterocycles. The number of carbonyl (C=O) groups excluding carboxylic acids is 1. The Bertz CT molecular complexity index is 820. The maximum atomic E-state index is 12.3. The highest BCUT2D eigenvalue weighted by Gasteiger charge is 2.35. The monoisotopic (exact) mass is 350 g/mol. The third kappa shape index (κ3) is 3.69. The van der Waals surface area contributed by atoms with Crippen molar-refractivity contribution in [3.05, 3.63) is 78.5 Å². The molecule has 0 fully saturated rings. The van der Waals surface area contributed by atoms with E-state index in [4.69, 9.17) is 14.3 Å². The molecule has 26 heavy (non-hydrogen) atoms. The molecule has 2 atom stereocenters. The van der Waals surface area contributed by atoms with Crippen LogP contribution in [-0.4, -0.2) is 35.6 Å². The highest BCUT2D eigenvalue weighted by atomic mass is 16.7. The number of benzene rings is 2. The van der Waals surface area contributed by atoms with Gasteiger partial charge in [0.2, 0.25) is 5.90 Å². The average molecular weight is 350 g/mol. The smallest absolute Gasteiger partial charge is 0.419 e. The van der Waals surface area contributed by atoms with Gasteiger partial charge < -0.3 is 14.3 Å². The van der Waals surface area contributed by atoms with E-state index in [1.807, 2.05) is 48.5 Å². The fraction of sp³-hybridized carbons (Fsp3) is 0.200. The van der Waals surface area contributed by atoms with Crippen molar-refractivity contribution in [2.45, 2.75) is 18.6 Å². The Hall–Kier alpha value is -3.28. The number of para-hydroxylation sites is 1. The van der Waals surface area contributed by atoms with Crippen LogP contribution >= 0.6 is 0 Å². The van der Waals surface area contributed by atoms with Crippen molar-refractivity contribution in [3.63, 3.8) is 0 Å². The molecule has 0 aliphatic carbocycles. The van der Waals surface area contributed by atoms with Gasteiger partial charge in [-0.2, -0.15) is 0 Å². The van der Waals surface area contributed by atoms with Crippen LogP contribution < -0.4 is 4.74 Å². The number of rotatable bonds is 3. The molecule has 1 amide bonds. The van der Waals surface area contributed by atoms with E-state index in [0.29, 0.717) is 24.6 Å². The molecule has 0 aromatic heterocycles. The van der Waals surface area contributed by atoms with Crippen molar-refractivity contribution in [3.8, 4) is 5.75 Å². The summed E-state index contributed by atoms with van der Waals surface area (Å²) in [6.45, 7) is 0.314. The first kappa shape index (κ1) is 16.2. The van der Waals surface area contributed by atoms with Crippen LogP contribution in [0.2, 0.25) is 0 Å². The Labute approximate surface area is 151 Å². The third-order valence-corrected chi connectivity index (χ3v) is 4.14. The molecule has 6 nitrogen and oxygen atoms in total. The van der Waals surface area contributed by atoms with E-state index < -0.39 is 6.09 Å². The van der Waals surface area contributed by atoms with Crippen LogP contribution in [0.3, 0.4) is 0 Å². The molecule has 4 rings (SSSR count).